The van der Waals surface area contributed by atoms with Crippen LogP contribution in [0.2, 0.25) is 0 Å². The number of aryl methyl sites for hydroxylation is 1. The molecule has 4 nitrogen and oxygen atoms in total. The summed E-state index contributed by atoms with van der Waals surface area (Å²) >= 11 is 0. The number of H-pyrrole nitrogens is 1. The number of aromatic amines is 1. The Labute approximate surface area is 118 Å². The number of hydrogen-bond donors (Lipinski definition) is 2. The highest BCUT2D eigenvalue weighted by Crippen LogP contribution is 2.34. The molecule has 104 valence electrons. The molecule has 0 aliphatic heterocycles. The van der Waals surface area contributed by atoms with Crippen molar-refractivity contribution < 1.29 is 4.79 Å². The number of rotatable bonds is 5. The van der Waals surface area contributed by atoms with E-state index in [1.54, 1.807) is 12.4 Å². The highest BCUT2D eigenvalue weighted by atomic mass is 16.1. The maximum atomic E-state index is 11.8. The Balaban J connectivity index is 1.46. The first-order chi connectivity index (χ1) is 9.83. The molecule has 0 saturated carbocycles. The average Bonchev–Trinajstić information content (AvgIpc) is 3.09. The second-order valence-corrected chi connectivity index (χ2v) is 5.36. The van der Waals surface area contributed by atoms with Gasteiger partial charge in [-0.25, -0.2) is 0 Å². The van der Waals surface area contributed by atoms with Gasteiger partial charge in [0.1, 0.15) is 0 Å². The lowest BCUT2D eigenvalue weighted by atomic mass is 9.98. The molecule has 20 heavy (non-hydrogen) atoms. The molecule has 0 fully saturated rings. The fraction of sp³-hybridized carbons (Fsp3) is 0.375. The zero-order valence-electron chi connectivity index (χ0n) is 11.4. The van der Waals surface area contributed by atoms with Gasteiger partial charge < -0.3 is 5.32 Å². The molecule has 1 amide bonds. The van der Waals surface area contributed by atoms with E-state index in [1.165, 1.54) is 24.0 Å². The zero-order chi connectivity index (χ0) is 13.8. The first-order valence-electron chi connectivity index (χ1n) is 7.15. The van der Waals surface area contributed by atoms with Gasteiger partial charge in [-0.1, -0.05) is 24.3 Å². The van der Waals surface area contributed by atoms with E-state index in [0.717, 1.165) is 18.5 Å². The van der Waals surface area contributed by atoms with Gasteiger partial charge in [-0.05, 0) is 41.9 Å². The molecule has 4 heteroatoms. The standard InChI is InChI=1S/C16H19N3O/c20-16(9-12-10-18-19-11-12)17-8-7-14-6-5-13-3-1-2-4-15(13)14/h1-4,10-11,14H,5-9H2,(H,17,20)(H,18,19). The van der Waals surface area contributed by atoms with Gasteiger partial charge in [0.15, 0.2) is 0 Å². The second-order valence-electron chi connectivity index (χ2n) is 5.36. The second kappa shape index (κ2) is 5.90. The first kappa shape index (κ1) is 12.9. The van der Waals surface area contributed by atoms with Gasteiger partial charge >= 0.3 is 0 Å². The predicted molar refractivity (Wildman–Crippen MR) is 77.4 cm³/mol. The summed E-state index contributed by atoms with van der Waals surface area (Å²) in [4.78, 5) is 11.8. The third-order valence-corrected chi connectivity index (χ3v) is 3.99. The SMILES string of the molecule is O=C(Cc1cn[nH]c1)NCCC1CCc2ccccc21. The summed E-state index contributed by atoms with van der Waals surface area (Å²) in [6, 6.07) is 8.65. The molecule has 1 heterocycles. The van der Waals surface area contributed by atoms with Gasteiger partial charge in [-0.2, -0.15) is 5.10 Å². The molecule has 0 saturated heterocycles. The molecular weight excluding hydrogens is 250 g/mol. The number of nitrogens with zero attached hydrogens (tertiary/aromatic N) is 1. The summed E-state index contributed by atoms with van der Waals surface area (Å²) in [6.07, 6.45) is 7.24. The predicted octanol–water partition coefficient (Wildman–Crippen LogP) is 2.19. The van der Waals surface area contributed by atoms with Crippen molar-refractivity contribution in [3.05, 3.63) is 53.3 Å². The number of fused-ring (bicyclic) bond motifs is 1. The number of hydrogen-bond acceptors (Lipinski definition) is 2. The molecule has 0 bridgehead atoms. The molecule has 1 unspecified atom stereocenters. The Morgan fingerprint density at radius 1 is 1.40 bits per heavy atom. The summed E-state index contributed by atoms with van der Waals surface area (Å²) in [7, 11) is 0. The topological polar surface area (TPSA) is 57.8 Å². The van der Waals surface area contributed by atoms with Gasteiger partial charge in [0, 0.05) is 12.7 Å². The minimum Gasteiger partial charge on any atom is -0.356 e. The van der Waals surface area contributed by atoms with E-state index in [-0.39, 0.29) is 5.91 Å². The lowest BCUT2D eigenvalue weighted by Gasteiger charge is -2.12. The maximum absolute atomic E-state index is 11.8. The van der Waals surface area contributed by atoms with Crippen molar-refractivity contribution in [1.29, 1.82) is 0 Å². The van der Waals surface area contributed by atoms with Crippen LogP contribution in [0.15, 0.2) is 36.7 Å². The first-order valence-corrected chi connectivity index (χ1v) is 7.15. The van der Waals surface area contributed by atoms with Crippen LogP contribution >= 0.6 is 0 Å². The highest BCUT2D eigenvalue weighted by molar-refractivity contribution is 5.78. The molecule has 1 aliphatic carbocycles. The van der Waals surface area contributed by atoms with E-state index >= 15 is 0 Å². The third kappa shape index (κ3) is 2.90. The van der Waals surface area contributed by atoms with Crippen LogP contribution in [-0.4, -0.2) is 22.6 Å². The number of amides is 1. The lowest BCUT2D eigenvalue weighted by Crippen LogP contribution is -2.26. The van der Waals surface area contributed by atoms with Crippen LogP contribution in [0, 0.1) is 0 Å². The quantitative estimate of drug-likeness (QED) is 0.874. The monoisotopic (exact) mass is 269 g/mol. The molecule has 1 aromatic heterocycles. The Morgan fingerprint density at radius 3 is 3.15 bits per heavy atom. The van der Waals surface area contributed by atoms with E-state index in [1.807, 2.05) is 0 Å². The van der Waals surface area contributed by atoms with Crippen LogP contribution in [0.1, 0.15) is 35.4 Å². The fourth-order valence-electron chi connectivity index (χ4n) is 2.95. The Kier molecular flexibility index (Phi) is 3.81. The van der Waals surface area contributed by atoms with Crippen molar-refractivity contribution in [2.45, 2.75) is 31.6 Å². The van der Waals surface area contributed by atoms with Crippen LogP contribution in [0.4, 0.5) is 0 Å². The van der Waals surface area contributed by atoms with E-state index in [4.69, 9.17) is 0 Å². The van der Waals surface area contributed by atoms with Crippen LogP contribution in [0.25, 0.3) is 0 Å². The third-order valence-electron chi connectivity index (χ3n) is 3.99. The van der Waals surface area contributed by atoms with Gasteiger partial charge in [0.05, 0.1) is 12.6 Å². The van der Waals surface area contributed by atoms with Gasteiger partial charge in [-0.15, -0.1) is 0 Å². The molecule has 1 atom stereocenters. The van der Waals surface area contributed by atoms with E-state index in [2.05, 4.69) is 39.8 Å². The van der Waals surface area contributed by atoms with E-state index in [9.17, 15) is 4.79 Å². The molecule has 0 spiro atoms. The summed E-state index contributed by atoms with van der Waals surface area (Å²) in [5, 5.41) is 9.55. The number of aromatic nitrogens is 2. The minimum absolute atomic E-state index is 0.0673. The summed E-state index contributed by atoms with van der Waals surface area (Å²) in [6.45, 7) is 0.746. The zero-order valence-corrected chi connectivity index (χ0v) is 11.4. The Hall–Kier alpha value is -2.10. The smallest absolute Gasteiger partial charge is 0.224 e. The molecule has 3 rings (SSSR count). The van der Waals surface area contributed by atoms with E-state index in [0.29, 0.717) is 12.3 Å². The van der Waals surface area contributed by atoms with Crippen LogP contribution in [-0.2, 0) is 17.6 Å². The number of nitrogens with one attached hydrogen (secondary N) is 2. The van der Waals surface area contributed by atoms with Crippen molar-refractivity contribution in [1.82, 2.24) is 15.5 Å². The van der Waals surface area contributed by atoms with Gasteiger partial charge in [0.25, 0.3) is 0 Å². The van der Waals surface area contributed by atoms with Crippen molar-refractivity contribution >= 4 is 5.91 Å². The number of benzene rings is 1. The Bertz CT molecular complexity index is 577. The molecule has 2 N–H and O–H groups in total. The van der Waals surface area contributed by atoms with Crippen molar-refractivity contribution in [3.63, 3.8) is 0 Å². The van der Waals surface area contributed by atoms with Gasteiger partial charge in [0.2, 0.25) is 5.91 Å². The number of carbonyl (C=O) groups is 1. The Morgan fingerprint density at radius 2 is 2.30 bits per heavy atom. The molecule has 2 aromatic rings. The molecule has 1 aromatic carbocycles. The molecule has 0 radical (unpaired) electrons. The van der Waals surface area contributed by atoms with Gasteiger partial charge in [-0.3, -0.25) is 9.89 Å². The highest BCUT2D eigenvalue weighted by Gasteiger charge is 2.21. The maximum Gasteiger partial charge on any atom is 0.224 e. The summed E-state index contributed by atoms with van der Waals surface area (Å²) in [5.41, 5.74) is 3.87. The lowest BCUT2D eigenvalue weighted by molar-refractivity contribution is -0.120. The number of carbonyl (C=O) groups excluding carboxylic acids is 1. The van der Waals surface area contributed by atoms with Crippen molar-refractivity contribution in [2.75, 3.05) is 6.54 Å². The van der Waals surface area contributed by atoms with Crippen molar-refractivity contribution in [3.8, 4) is 0 Å². The molecule has 1 aliphatic rings. The molecular formula is C16H19N3O. The van der Waals surface area contributed by atoms with Crippen LogP contribution in [0.3, 0.4) is 0 Å². The largest absolute Gasteiger partial charge is 0.356 e. The minimum atomic E-state index is 0.0673. The normalized spacial score (nSPS) is 16.9. The van der Waals surface area contributed by atoms with Crippen molar-refractivity contribution in [2.24, 2.45) is 0 Å². The van der Waals surface area contributed by atoms with Crippen LogP contribution < -0.4 is 5.32 Å². The fourth-order valence-corrected chi connectivity index (χ4v) is 2.95. The van der Waals surface area contributed by atoms with Crippen LogP contribution in [0.5, 0.6) is 0 Å². The average molecular weight is 269 g/mol. The summed E-state index contributed by atoms with van der Waals surface area (Å²) < 4.78 is 0. The summed E-state index contributed by atoms with van der Waals surface area (Å²) in [5.74, 6) is 0.665. The van der Waals surface area contributed by atoms with E-state index < -0.39 is 0 Å².